The maximum absolute atomic E-state index is 0. The van der Waals surface area contributed by atoms with E-state index in [4.69, 9.17) is 0 Å². The second kappa shape index (κ2) is 23.3. The van der Waals surface area contributed by atoms with Crippen molar-refractivity contribution < 1.29 is 39.0 Å². The summed E-state index contributed by atoms with van der Waals surface area (Å²) in [5, 5.41) is 0. The predicted molar refractivity (Wildman–Crippen MR) is 13.0 cm³/mol. The minimum Gasteiger partial charge on any atom is -0.147 e. The predicted octanol–water partition coefficient (Wildman–Crippen LogP) is 0.0360. The van der Waals surface area contributed by atoms with E-state index in [0.29, 0.717) is 0 Å². The summed E-state index contributed by atoms with van der Waals surface area (Å²) in [7, 11) is 0. The third-order valence-electron chi connectivity index (χ3n) is 0. The van der Waals surface area contributed by atoms with Gasteiger partial charge in [-0.1, -0.05) is 0 Å². The second-order valence-corrected chi connectivity index (χ2v) is 0. The monoisotopic (exact) mass is 175 g/mol. The van der Waals surface area contributed by atoms with Crippen LogP contribution in [0.2, 0.25) is 0 Å². The van der Waals surface area contributed by atoms with Crippen molar-refractivity contribution >= 4 is 20.8 Å². The van der Waals surface area contributed by atoms with E-state index in [9.17, 15) is 0 Å². The molecule has 0 unspecified atom stereocenters. The fourth-order valence-electron chi connectivity index (χ4n) is 0. The van der Waals surface area contributed by atoms with Gasteiger partial charge in [0, 0.05) is 47.4 Å². The molecule has 0 saturated heterocycles. The SMILES string of the molecule is Cl.[B].[Zn].[Zn]. The molecule has 4 heavy (non-hydrogen) atoms. The van der Waals surface area contributed by atoms with E-state index in [0.717, 1.165) is 0 Å². The number of hydrogen-bond acceptors (Lipinski definition) is 0. The summed E-state index contributed by atoms with van der Waals surface area (Å²) in [5.41, 5.74) is 0. The van der Waals surface area contributed by atoms with Gasteiger partial charge in [-0.3, -0.25) is 0 Å². The van der Waals surface area contributed by atoms with Crippen molar-refractivity contribution in [2.24, 2.45) is 0 Å². The molecule has 0 rings (SSSR count). The molecule has 0 spiro atoms. The van der Waals surface area contributed by atoms with Crippen molar-refractivity contribution in [2.75, 3.05) is 0 Å². The van der Waals surface area contributed by atoms with Crippen molar-refractivity contribution in [3.05, 3.63) is 0 Å². The maximum Gasteiger partial charge on any atom is 0 e. The summed E-state index contributed by atoms with van der Waals surface area (Å²) < 4.78 is 0. The summed E-state index contributed by atoms with van der Waals surface area (Å²) in [4.78, 5) is 0. The van der Waals surface area contributed by atoms with Crippen LogP contribution >= 0.6 is 12.4 Å². The minimum absolute atomic E-state index is 0. The Morgan fingerprint density at radius 2 is 0.750 bits per heavy atom. The van der Waals surface area contributed by atoms with Crippen molar-refractivity contribution in [3.63, 3.8) is 0 Å². The molecule has 0 aliphatic heterocycles. The van der Waals surface area contributed by atoms with Gasteiger partial charge in [-0.2, -0.15) is 0 Å². The van der Waals surface area contributed by atoms with Gasteiger partial charge in [0.25, 0.3) is 0 Å². The molecule has 0 heterocycles. The molecule has 4 heteroatoms. The number of rotatable bonds is 0. The Morgan fingerprint density at radius 1 is 0.750 bits per heavy atom. The molecular formula is HBClZn2. The summed E-state index contributed by atoms with van der Waals surface area (Å²) in [6.45, 7) is 0. The van der Waals surface area contributed by atoms with Gasteiger partial charge in [0.2, 0.25) is 0 Å². The quantitative estimate of drug-likeness (QED) is 0.459. The van der Waals surface area contributed by atoms with Gasteiger partial charge in [0.1, 0.15) is 0 Å². The van der Waals surface area contributed by atoms with E-state index in [1.807, 2.05) is 0 Å². The first-order valence-electron chi connectivity index (χ1n) is 0. The Hall–Kier alpha value is 1.60. The van der Waals surface area contributed by atoms with E-state index in [1.165, 1.54) is 0 Å². The number of hydrogen-bond donors (Lipinski definition) is 0. The Kier molecular flexibility index (Phi) is 269. The first-order chi connectivity index (χ1) is 0. The van der Waals surface area contributed by atoms with Gasteiger partial charge in [-0.05, 0) is 0 Å². The van der Waals surface area contributed by atoms with E-state index >= 15 is 0 Å². The summed E-state index contributed by atoms with van der Waals surface area (Å²) in [5.74, 6) is 0. The third-order valence-corrected chi connectivity index (χ3v) is 0. The minimum atomic E-state index is 0. The zero-order valence-corrected chi connectivity index (χ0v) is 9.15. The average Bonchev–Trinajstić information content (AvgIpc) is 0. The summed E-state index contributed by atoms with van der Waals surface area (Å²) in [6.07, 6.45) is 0. The van der Waals surface area contributed by atoms with E-state index in [1.54, 1.807) is 0 Å². The molecule has 0 atom stereocenters. The second-order valence-electron chi connectivity index (χ2n) is 0. The van der Waals surface area contributed by atoms with E-state index in [-0.39, 0.29) is 59.8 Å². The van der Waals surface area contributed by atoms with Crippen LogP contribution in [0.25, 0.3) is 0 Å². The van der Waals surface area contributed by atoms with Gasteiger partial charge in [0.05, 0.1) is 0 Å². The fourth-order valence-corrected chi connectivity index (χ4v) is 0. The molecule has 0 saturated carbocycles. The standard InChI is InChI=1S/B.ClH.2Zn/h;1H;;. The Morgan fingerprint density at radius 3 is 0.750 bits per heavy atom. The van der Waals surface area contributed by atoms with Crippen LogP contribution in [0, 0.1) is 0 Å². The smallest absolute Gasteiger partial charge is 0 e. The van der Waals surface area contributed by atoms with Gasteiger partial charge >= 0.3 is 0 Å². The third kappa shape index (κ3) is 9.50. The molecule has 3 radical (unpaired) electrons. The van der Waals surface area contributed by atoms with Crippen LogP contribution in [0.4, 0.5) is 0 Å². The average molecular weight is 178 g/mol. The van der Waals surface area contributed by atoms with Gasteiger partial charge in [0.15, 0.2) is 0 Å². The molecule has 0 nitrogen and oxygen atoms in total. The molecule has 0 amide bonds. The Labute approximate surface area is 59.6 Å². The summed E-state index contributed by atoms with van der Waals surface area (Å²) >= 11 is 0. The molecule has 0 aromatic carbocycles. The van der Waals surface area contributed by atoms with Crippen LogP contribution in [-0.4, -0.2) is 8.41 Å². The van der Waals surface area contributed by atoms with Crippen LogP contribution in [0.5, 0.6) is 0 Å². The fraction of sp³-hybridized carbons (Fsp3) is 0. The topological polar surface area (TPSA) is 0 Å². The van der Waals surface area contributed by atoms with Gasteiger partial charge < -0.3 is 0 Å². The zero-order valence-electron chi connectivity index (χ0n) is 2.40. The van der Waals surface area contributed by atoms with Crippen LogP contribution < -0.4 is 0 Å². The Bertz CT molecular complexity index is 6.00. The van der Waals surface area contributed by atoms with Crippen molar-refractivity contribution in [2.45, 2.75) is 0 Å². The zero-order chi connectivity index (χ0) is 0. The van der Waals surface area contributed by atoms with E-state index in [2.05, 4.69) is 0 Å². The molecular weight excluding hydrogens is 177 g/mol. The first kappa shape index (κ1) is 46.2. The molecule has 0 N–H and O–H groups in total. The number of halogens is 1. The molecule has 0 aromatic rings. The van der Waals surface area contributed by atoms with Crippen molar-refractivity contribution in [1.29, 1.82) is 0 Å². The van der Waals surface area contributed by atoms with Gasteiger partial charge in [-0.25, -0.2) is 0 Å². The molecule has 15 valence electrons. The van der Waals surface area contributed by atoms with Crippen molar-refractivity contribution in [1.82, 2.24) is 0 Å². The van der Waals surface area contributed by atoms with Gasteiger partial charge in [-0.15, -0.1) is 12.4 Å². The molecule has 0 aromatic heterocycles. The summed E-state index contributed by atoms with van der Waals surface area (Å²) in [6, 6.07) is 0. The molecule has 0 aliphatic rings. The van der Waals surface area contributed by atoms with E-state index < -0.39 is 0 Å². The maximum atomic E-state index is 0. The van der Waals surface area contributed by atoms with Crippen molar-refractivity contribution in [3.8, 4) is 0 Å². The largest absolute Gasteiger partial charge is 0.147 e. The first-order valence-corrected chi connectivity index (χ1v) is 0. The molecule has 0 fully saturated rings. The van der Waals surface area contributed by atoms with Crippen LogP contribution in [0.1, 0.15) is 0 Å². The van der Waals surface area contributed by atoms with Crippen LogP contribution in [0.3, 0.4) is 0 Å². The molecule has 0 bridgehead atoms. The normalized spacial score (nSPS) is 0. The van der Waals surface area contributed by atoms with Crippen LogP contribution in [-0.2, 0) is 39.0 Å². The van der Waals surface area contributed by atoms with Crippen LogP contribution in [0.15, 0.2) is 0 Å². The Balaban J connectivity index is 0. The molecule has 0 aliphatic carbocycles.